The third kappa shape index (κ3) is 4.29. The Kier molecular flexibility index (Phi) is 4.90. The van der Waals surface area contributed by atoms with E-state index in [0.29, 0.717) is 17.0 Å². The summed E-state index contributed by atoms with van der Waals surface area (Å²) in [7, 11) is 0. The van der Waals surface area contributed by atoms with Crippen molar-refractivity contribution in [1.82, 2.24) is 0 Å². The molecule has 0 bridgehead atoms. The highest BCUT2D eigenvalue weighted by Gasteiger charge is 2.08. The number of halogens is 1. The summed E-state index contributed by atoms with van der Waals surface area (Å²) in [5.74, 6) is -0.252. The van der Waals surface area contributed by atoms with Gasteiger partial charge in [0, 0.05) is 17.8 Å². The normalized spacial score (nSPS) is 10.2. The van der Waals surface area contributed by atoms with Crippen molar-refractivity contribution in [2.75, 3.05) is 11.9 Å². The Bertz CT molecular complexity index is 644. The summed E-state index contributed by atoms with van der Waals surface area (Å²) in [6.07, 6.45) is 0. The number of ether oxygens (including phenoxy) is 1. The molecular weight excluding hydrogens is 271 g/mol. The lowest BCUT2D eigenvalue weighted by Crippen LogP contribution is -2.20. The molecule has 0 aliphatic rings. The third-order valence-corrected chi connectivity index (χ3v) is 2.90. The summed E-state index contributed by atoms with van der Waals surface area (Å²) in [5.41, 5.74) is 7.81. The van der Waals surface area contributed by atoms with Crippen molar-refractivity contribution in [3.8, 4) is 5.75 Å². The molecule has 0 spiro atoms. The largest absolute Gasteiger partial charge is 0.483 e. The van der Waals surface area contributed by atoms with Crippen molar-refractivity contribution in [3.05, 3.63) is 59.4 Å². The molecule has 0 aliphatic heterocycles. The molecule has 2 aromatic carbocycles. The lowest BCUT2D eigenvalue weighted by molar-refractivity contribution is -0.118. The number of aryl methyl sites for hydroxylation is 1. The van der Waals surface area contributed by atoms with Gasteiger partial charge in [-0.1, -0.05) is 12.1 Å². The monoisotopic (exact) mass is 288 g/mol. The van der Waals surface area contributed by atoms with Gasteiger partial charge >= 0.3 is 0 Å². The zero-order valence-electron chi connectivity index (χ0n) is 11.7. The molecule has 0 saturated heterocycles. The number of nitrogens with two attached hydrogens (primary N) is 1. The van der Waals surface area contributed by atoms with Crippen LogP contribution in [0, 0.1) is 12.7 Å². The molecule has 5 heteroatoms. The summed E-state index contributed by atoms with van der Waals surface area (Å²) < 4.78 is 18.5. The van der Waals surface area contributed by atoms with Gasteiger partial charge in [0.2, 0.25) is 0 Å². The molecule has 1 amide bonds. The van der Waals surface area contributed by atoms with Crippen molar-refractivity contribution >= 4 is 11.6 Å². The van der Waals surface area contributed by atoms with E-state index in [1.54, 1.807) is 6.07 Å². The minimum absolute atomic E-state index is 0.145. The van der Waals surface area contributed by atoms with Crippen LogP contribution in [0.25, 0.3) is 0 Å². The topological polar surface area (TPSA) is 64.3 Å². The number of benzene rings is 2. The van der Waals surface area contributed by atoms with Crippen LogP contribution in [0.2, 0.25) is 0 Å². The van der Waals surface area contributed by atoms with Crippen molar-refractivity contribution in [1.29, 1.82) is 0 Å². The van der Waals surface area contributed by atoms with E-state index in [2.05, 4.69) is 5.32 Å². The Morgan fingerprint density at radius 1 is 1.29 bits per heavy atom. The summed E-state index contributed by atoms with van der Waals surface area (Å²) in [6.45, 7) is 1.93. The predicted octanol–water partition coefficient (Wildman–Crippen LogP) is 2.61. The number of hydrogen-bond donors (Lipinski definition) is 2. The molecular formula is C16H17FN2O2. The number of rotatable bonds is 5. The van der Waals surface area contributed by atoms with Crippen LogP contribution in [0.5, 0.6) is 5.75 Å². The van der Waals surface area contributed by atoms with Crippen LogP contribution >= 0.6 is 0 Å². The third-order valence-electron chi connectivity index (χ3n) is 2.90. The van der Waals surface area contributed by atoms with E-state index in [0.717, 1.165) is 5.56 Å². The molecule has 0 fully saturated rings. The molecule has 110 valence electrons. The molecule has 2 rings (SSSR count). The first-order valence-electron chi connectivity index (χ1n) is 6.56. The highest BCUT2D eigenvalue weighted by atomic mass is 19.1. The number of nitrogens with one attached hydrogen (secondary N) is 1. The van der Waals surface area contributed by atoms with E-state index in [1.807, 2.05) is 25.1 Å². The second-order valence-electron chi connectivity index (χ2n) is 4.66. The molecule has 3 N–H and O–H groups in total. The summed E-state index contributed by atoms with van der Waals surface area (Å²) in [5, 5.41) is 2.73. The van der Waals surface area contributed by atoms with Gasteiger partial charge in [0.15, 0.2) is 6.61 Å². The zero-order valence-corrected chi connectivity index (χ0v) is 11.7. The molecule has 0 aliphatic carbocycles. The standard InChI is InChI=1S/C16H17FN2O2/c1-11-3-2-4-14(7-11)19-16(20)10-21-15-6-5-13(17)8-12(15)9-18/h2-8H,9-10,18H2,1H3,(H,19,20). The molecule has 0 heterocycles. The maximum atomic E-state index is 13.1. The van der Waals surface area contributed by atoms with Crippen molar-refractivity contribution in [2.45, 2.75) is 13.5 Å². The summed E-state index contributed by atoms with van der Waals surface area (Å²) in [6, 6.07) is 11.5. The highest BCUT2D eigenvalue weighted by Crippen LogP contribution is 2.19. The number of amides is 1. The predicted molar refractivity (Wildman–Crippen MR) is 79.6 cm³/mol. The summed E-state index contributed by atoms with van der Waals surface area (Å²) in [4.78, 5) is 11.8. The van der Waals surface area contributed by atoms with E-state index in [4.69, 9.17) is 10.5 Å². The van der Waals surface area contributed by atoms with E-state index in [-0.39, 0.29) is 24.9 Å². The first kappa shape index (κ1) is 15.0. The van der Waals surface area contributed by atoms with Crippen LogP contribution < -0.4 is 15.8 Å². The summed E-state index contributed by atoms with van der Waals surface area (Å²) >= 11 is 0. The van der Waals surface area contributed by atoms with Gasteiger partial charge in [0.25, 0.3) is 5.91 Å². The van der Waals surface area contributed by atoms with Gasteiger partial charge < -0.3 is 15.8 Å². The van der Waals surface area contributed by atoms with Crippen molar-refractivity contribution in [2.24, 2.45) is 5.73 Å². The Labute approximate surface area is 122 Å². The smallest absolute Gasteiger partial charge is 0.262 e. The van der Waals surface area contributed by atoms with Crippen molar-refractivity contribution in [3.63, 3.8) is 0 Å². The molecule has 21 heavy (non-hydrogen) atoms. The second kappa shape index (κ2) is 6.85. The maximum Gasteiger partial charge on any atom is 0.262 e. The van der Waals surface area contributed by atoms with Crippen LogP contribution in [-0.2, 0) is 11.3 Å². The maximum absolute atomic E-state index is 13.1. The van der Waals surface area contributed by atoms with E-state index in [9.17, 15) is 9.18 Å². The Balaban J connectivity index is 1.95. The molecule has 0 unspecified atom stereocenters. The molecule has 0 radical (unpaired) electrons. The highest BCUT2D eigenvalue weighted by molar-refractivity contribution is 5.91. The minimum atomic E-state index is -0.382. The van der Waals surface area contributed by atoms with Gasteiger partial charge in [-0.25, -0.2) is 4.39 Å². The average Bonchev–Trinajstić information content (AvgIpc) is 2.45. The van der Waals surface area contributed by atoms with E-state index in [1.165, 1.54) is 18.2 Å². The second-order valence-corrected chi connectivity index (χ2v) is 4.66. The van der Waals surface area contributed by atoms with Gasteiger partial charge in [0.05, 0.1) is 0 Å². The van der Waals surface area contributed by atoms with Crippen LogP contribution in [0.3, 0.4) is 0 Å². The number of hydrogen-bond acceptors (Lipinski definition) is 3. The van der Waals surface area contributed by atoms with Crippen LogP contribution in [0.15, 0.2) is 42.5 Å². The van der Waals surface area contributed by atoms with Crippen LogP contribution in [-0.4, -0.2) is 12.5 Å². The van der Waals surface area contributed by atoms with Gasteiger partial charge in [-0.05, 0) is 42.8 Å². The Morgan fingerprint density at radius 3 is 2.81 bits per heavy atom. The molecule has 2 aromatic rings. The van der Waals surface area contributed by atoms with E-state index >= 15 is 0 Å². The van der Waals surface area contributed by atoms with E-state index < -0.39 is 0 Å². The van der Waals surface area contributed by atoms with Gasteiger partial charge in [-0.2, -0.15) is 0 Å². The molecule has 4 nitrogen and oxygen atoms in total. The van der Waals surface area contributed by atoms with Gasteiger partial charge in [0.1, 0.15) is 11.6 Å². The number of carbonyl (C=O) groups excluding carboxylic acids is 1. The molecule has 0 atom stereocenters. The lowest BCUT2D eigenvalue weighted by atomic mass is 10.2. The minimum Gasteiger partial charge on any atom is -0.483 e. The molecule has 0 aromatic heterocycles. The first-order chi connectivity index (χ1) is 10.1. The van der Waals surface area contributed by atoms with Crippen molar-refractivity contribution < 1.29 is 13.9 Å². The van der Waals surface area contributed by atoms with Gasteiger partial charge in [-0.3, -0.25) is 4.79 Å². The zero-order chi connectivity index (χ0) is 15.2. The fourth-order valence-electron chi connectivity index (χ4n) is 1.91. The van der Waals surface area contributed by atoms with Crippen LogP contribution in [0.4, 0.5) is 10.1 Å². The molecule has 0 saturated carbocycles. The number of carbonyl (C=O) groups is 1. The fourth-order valence-corrected chi connectivity index (χ4v) is 1.91. The average molecular weight is 288 g/mol. The fraction of sp³-hybridized carbons (Fsp3) is 0.188. The lowest BCUT2D eigenvalue weighted by Gasteiger charge is -2.11. The SMILES string of the molecule is Cc1cccc(NC(=O)COc2ccc(F)cc2CN)c1. The van der Waals surface area contributed by atoms with Gasteiger partial charge in [-0.15, -0.1) is 0 Å². The Morgan fingerprint density at radius 2 is 2.10 bits per heavy atom. The number of anilines is 1. The van der Waals surface area contributed by atoms with Crippen LogP contribution in [0.1, 0.15) is 11.1 Å². The Hall–Kier alpha value is -2.40. The quantitative estimate of drug-likeness (QED) is 0.889. The first-order valence-corrected chi connectivity index (χ1v) is 6.56.